The number of aromatic nitrogens is 3. The summed E-state index contributed by atoms with van der Waals surface area (Å²) >= 11 is 3.43. The van der Waals surface area contributed by atoms with Crippen LogP contribution in [0.3, 0.4) is 0 Å². The maximum absolute atomic E-state index is 12.4. The average Bonchev–Trinajstić information content (AvgIpc) is 2.90. The summed E-state index contributed by atoms with van der Waals surface area (Å²) in [5.41, 5.74) is 3.81. The van der Waals surface area contributed by atoms with Crippen LogP contribution in [0.5, 0.6) is 0 Å². The van der Waals surface area contributed by atoms with E-state index in [0.717, 1.165) is 34.4 Å². The molecule has 2 aromatic heterocycles. The Morgan fingerprint density at radius 2 is 2.14 bits per heavy atom. The lowest BCUT2D eigenvalue weighted by Crippen LogP contribution is -2.25. The number of halogens is 1. The van der Waals surface area contributed by atoms with Gasteiger partial charge in [0, 0.05) is 42.1 Å². The molecule has 2 heterocycles. The molecule has 0 aliphatic heterocycles. The van der Waals surface area contributed by atoms with Crippen LogP contribution in [0.1, 0.15) is 40.8 Å². The number of carbonyl (C=O) groups is 1. The maximum atomic E-state index is 12.4. The fraction of sp³-hybridized carbons (Fsp3) is 0.467. The van der Waals surface area contributed by atoms with Crippen LogP contribution in [-0.2, 0) is 20.1 Å². The molecule has 0 spiro atoms. The number of hydrogen-bond acceptors (Lipinski definition) is 2. The number of nitrogens with one attached hydrogen (secondary N) is 1. The highest BCUT2D eigenvalue weighted by Gasteiger charge is 2.15. The van der Waals surface area contributed by atoms with Crippen molar-refractivity contribution >= 4 is 21.8 Å². The summed E-state index contributed by atoms with van der Waals surface area (Å²) in [6.45, 7) is 7.40. The second kappa shape index (κ2) is 6.47. The monoisotopic (exact) mass is 352 g/mol. The summed E-state index contributed by atoms with van der Waals surface area (Å²) in [5.74, 6) is -0.0585. The second-order valence-corrected chi connectivity index (χ2v) is 6.11. The van der Waals surface area contributed by atoms with Crippen molar-refractivity contribution in [1.82, 2.24) is 19.7 Å². The van der Waals surface area contributed by atoms with Crippen LogP contribution in [0.2, 0.25) is 0 Å². The summed E-state index contributed by atoms with van der Waals surface area (Å²) in [6.07, 6.45) is 2.93. The molecular weight excluding hydrogens is 332 g/mol. The molecule has 2 rings (SSSR count). The summed E-state index contributed by atoms with van der Waals surface area (Å²) < 4.78 is 4.74. The van der Waals surface area contributed by atoms with Gasteiger partial charge in [-0.2, -0.15) is 5.10 Å². The number of rotatable bonds is 5. The highest BCUT2D eigenvalue weighted by molar-refractivity contribution is 9.10. The molecule has 21 heavy (non-hydrogen) atoms. The summed E-state index contributed by atoms with van der Waals surface area (Å²) in [4.78, 5) is 12.4. The minimum absolute atomic E-state index is 0.0585. The standard InChI is InChI=1S/C15H21BrN4O/c1-5-6-20-9-12(16)7-14(20)15(21)17-8-13-10(2)18-19(4)11(13)3/h7,9H,5-6,8H2,1-4H3,(H,17,21). The van der Waals surface area contributed by atoms with Crippen LogP contribution in [0.15, 0.2) is 16.7 Å². The van der Waals surface area contributed by atoms with Crippen LogP contribution in [0, 0.1) is 13.8 Å². The lowest BCUT2D eigenvalue weighted by Gasteiger charge is -2.09. The zero-order valence-corrected chi connectivity index (χ0v) is 14.5. The van der Waals surface area contributed by atoms with Gasteiger partial charge in [0.2, 0.25) is 0 Å². The van der Waals surface area contributed by atoms with Crippen molar-refractivity contribution in [3.8, 4) is 0 Å². The molecule has 1 N–H and O–H groups in total. The van der Waals surface area contributed by atoms with Crippen molar-refractivity contribution in [2.24, 2.45) is 7.05 Å². The van der Waals surface area contributed by atoms with E-state index in [1.54, 1.807) is 0 Å². The maximum Gasteiger partial charge on any atom is 0.268 e. The molecule has 0 aliphatic carbocycles. The molecule has 2 aromatic rings. The Morgan fingerprint density at radius 1 is 1.43 bits per heavy atom. The fourth-order valence-electron chi connectivity index (χ4n) is 2.42. The van der Waals surface area contributed by atoms with E-state index in [1.165, 1.54) is 0 Å². The Balaban J connectivity index is 2.12. The quantitative estimate of drug-likeness (QED) is 0.899. The van der Waals surface area contributed by atoms with E-state index in [-0.39, 0.29) is 5.91 Å². The Morgan fingerprint density at radius 3 is 2.71 bits per heavy atom. The summed E-state index contributed by atoms with van der Waals surface area (Å²) in [6, 6.07) is 1.86. The van der Waals surface area contributed by atoms with Crippen LogP contribution in [0.25, 0.3) is 0 Å². The number of carbonyl (C=O) groups excluding carboxylic acids is 1. The Kier molecular flexibility index (Phi) is 4.88. The van der Waals surface area contributed by atoms with Gasteiger partial charge in [-0.3, -0.25) is 9.48 Å². The number of hydrogen-bond donors (Lipinski definition) is 1. The summed E-state index contributed by atoms with van der Waals surface area (Å²) in [7, 11) is 1.91. The average molecular weight is 353 g/mol. The minimum atomic E-state index is -0.0585. The number of aryl methyl sites for hydroxylation is 3. The normalized spacial score (nSPS) is 10.9. The molecule has 0 aliphatic rings. The van der Waals surface area contributed by atoms with Crippen LogP contribution in [-0.4, -0.2) is 20.3 Å². The largest absolute Gasteiger partial charge is 0.347 e. The van der Waals surface area contributed by atoms with Crippen molar-refractivity contribution in [1.29, 1.82) is 0 Å². The molecule has 0 radical (unpaired) electrons. The van der Waals surface area contributed by atoms with Crippen LogP contribution in [0.4, 0.5) is 0 Å². The van der Waals surface area contributed by atoms with Gasteiger partial charge in [0.05, 0.1) is 5.69 Å². The SMILES string of the molecule is CCCn1cc(Br)cc1C(=O)NCc1c(C)nn(C)c1C. The molecule has 114 valence electrons. The van der Waals surface area contributed by atoms with Gasteiger partial charge < -0.3 is 9.88 Å². The van der Waals surface area contributed by atoms with Gasteiger partial charge in [-0.1, -0.05) is 6.92 Å². The van der Waals surface area contributed by atoms with Gasteiger partial charge in [0.15, 0.2) is 0 Å². The van der Waals surface area contributed by atoms with Gasteiger partial charge in [0.1, 0.15) is 5.69 Å². The van der Waals surface area contributed by atoms with Gasteiger partial charge in [0.25, 0.3) is 5.91 Å². The molecule has 0 aromatic carbocycles. The molecule has 6 heteroatoms. The molecule has 0 atom stereocenters. The zero-order chi connectivity index (χ0) is 15.6. The van der Waals surface area contributed by atoms with Crippen molar-refractivity contribution in [2.75, 3.05) is 0 Å². The first-order valence-electron chi connectivity index (χ1n) is 7.07. The molecule has 5 nitrogen and oxygen atoms in total. The van der Waals surface area contributed by atoms with E-state index in [0.29, 0.717) is 12.2 Å². The first-order valence-corrected chi connectivity index (χ1v) is 7.86. The predicted octanol–water partition coefficient (Wildman–Crippen LogP) is 2.94. The van der Waals surface area contributed by atoms with Crippen molar-refractivity contribution in [3.63, 3.8) is 0 Å². The number of nitrogens with zero attached hydrogens (tertiary/aromatic N) is 3. The fourth-order valence-corrected chi connectivity index (χ4v) is 2.89. The van der Waals surface area contributed by atoms with Gasteiger partial charge >= 0.3 is 0 Å². The lowest BCUT2D eigenvalue weighted by molar-refractivity contribution is 0.0941. The minimum Gasteiger partial charge on any atom is -0.347 e. The van der Waals surface area contributed by atoms with Crippen LogP contribution >= 0.6 is 15.9 Å². The molecule has 1 amide bonds. The first-order chi connectivity index (χ1) is 9.93. The van der Waals surface area contributed by atoms with Crippen molar-refractivity contribution in [3.05, 3.63) is 39.4 Å². The zero-order valence-electron chi connectivity index (χ0n) is 12.9. The Hall–Kier alpha value is -1.56. The Bertz CT molecular complexity index is 657. The molecule has 0 saturated carbocycles. The van der Waals surface area contributed by atoms with Gasteiger partial charge in [-0.05, 0) is 42.3 Å². The molecule has 0 saturated heterocycles. The van der Waals surface area contributed by atoms with Gasteiger partial charge in [-0.15, -0.1) is 0 Å². The molecule has 0 unspecified atom stereocenters. The molecule has 0 bridgehead atoms. The van der Waals surface area contributed by atoms with E-state index >= 15 is 0 Å². The predicted molar refractivity (Wildman–Crippen MR) is 86.3 cm³/mol. The van der Waals surface area contributed by atoms with Gasteiger partial charge in [-0.25, -0.2) is 0 Å². The third-order valence-corrected chi connectivity index (χ3v) is 4.08. The van der Waals surface area contributed by atoms with Crippen molar-refractivity contribution in [2.45, 2.75) is 40.3 Å². The van der Waals surface area contributed by atoms with Crippen LogP contribution < -0.4 is 5.32 Å². The number of amides is 1. The smallest absolute Gasteiger partial charge is 0.268 e. The highest BCUT2D eigenvalue weighted by Crippen LogP contribution is 2.16. The van der Waals surface area contributed by atoms with E-state index in [1.807, 2.05) is 42.4 Å². The third-order valence-electron chi connectivity index (χ3n) is 3.64. The first kappa shape index (κ1) is 15.8. The van der Waals surface area contributed by atoms with Crippen molar-refractivity contribution < 1.29 is 4.79 Å². The topological polar surface area (TPSA) is 51.9 Å². The summed E-state index contributed by atoms with van der Waals surface area (Å²) in [5, 5.41) is 7.35. The lowest BCUT2D eigenvalue weighted by atomic mass is 10.2. The highest BCUT2D eigenvalue weighted by atomic mass is 79.9. The molecular formula is C15H21BrN4O. The van der Waals surface area contributed by atoms with E-state index in [4.69, 9.17) is 0 Å². The van der Waals surface area contributed by atoms with E-state index in [9.17, 15) is 4.79 Å². The second-order valence-electron chi connectivity index (χ2n) is 5.19. The van der Waals surface area contributed by atoms with E-state index in [2.05, 4.69) is 33.3 Å². The third kappa shape index (κ3) is 3.37. The Labute approximate surface area is 133 Å². The van der Waals surface area contributed by atoms with E-state index < -0.39 is 0 Å². The molecule has 0 fully saturated rings.